The van der Waals surface area contributed by atoms with Crippen LogP contribution in [0.4, 0.5) is 0 Å². The van der Waals surface area contributed by atoms with E-state index in [1.165, 1.54) is 46.6 Å². The van der Waals surface area contributed by atoms with Crippen molar-refractivity contribution in [2.75, 3.05) is 28.4 Å². The zero-order valence-electron chi connectivity index (χ0n) is 20.9. The Morgan fingerprint density at radius 2 is 1.46 bits per heavy atom. The van der Waals surface area contributed by atoms with Crippen LogP contribution in [0.25, 0.3) is 6.08 Å². The van der Waals surface area contributed by atoms with Gasteiger partial charge in [0, 0.05) is 6.07 Å². The van der Waals surface area contributed by atoms with Crippen LogP contribution in [0.1, 0.15) is 42.2 Å². The summed E-state index contributed by atoms with van der Waals surface area (Å²) < 4.78 is 31.9. The summed E-state index contributed by atoms with van der Waals surface area (Å²) in [5, 5.41) is 0. The van der Waals surface area contributed by atoms with Crippen LogP contribution in [-0.2, 0) is 4.74 Å². The number of rotatable bonds is 7. The third-order valence-corrected chi connectivity index (χ3v) is 5.68. The van der Waals surface area contributed by atoms with Crippen LogP contribution >= 0.6 is 0 Å². The van der Waals surface area contributed by atoms with E-state index in [1.807, 2.05) is 0 Å². The van der Waals surface area contributed by atoms with Crippen LogP contribution in [0.2, 0.25) is 0 Å². The lowest BCUT2D eigenvalue weighted by molar-refractivity contribution is 0.0600. The van der Waals surface area contributed by atoms with Crippen molar-refractivity contribution in [3.8, 4) is 28.7 Å². The number of fused-ring (bicyclic) bond motifs is 1. The van der Waals surface area contributed by atoms with Crippen LogP contribution < -0.4 is 23.7 Å². The summed E-state index contributed by atoms with van der Waals surface area (Å²) in [6.07, 6.45) is 1.57. The number of methoxy groups -OCH3 is 4. The molecule has 37 heavy (non-hydrogen) atoms. The van der Waals surface area contributed by atoms with E-state index in [0.717, 1.165) is 0 Å². The molecule has 3 aromatic carbocycles. The summed E-state index contributed by atoms with van der Waals surface area (Å²) in [5.41, 5.74) is 2.20. The zero-order chi connectivity index (χ0) is 26.7. The molecule has 0 fully saturated rings. The van der Waals surface area contributed by atoms with E-state index >= 15 is 0 Å². The maximum absolute atomic E-state index is 13.0. The average Bonchev–Trinajstić information content (AvgIpc) is 3.22. The Bertz CT molecular complexity index is 1390. The molecule has 1 aliphatic rings. The molecule has 1 aliphatic heterocycles. The first-order chi connectivity index (χ1) is 17.8. The lowest BCUT2D eigenvalue weighted by Crippen LogP contribution is -2.10. The summed E-state index contributed by atoms with van der Waals surface area (Å²) in [4.78, 5) is 37.5. The SMILES string of the molecule is COC(=O)c1ccc(/C=C2\Oc3cc(OC(=O)c4cc(OC)c(OC)c(OC)c4)cc(C)c3C2=O)cc1. The minimum atomic E-state index is -0.663. The molecular weight excluding hydrogens is 480 g/mol. The second-order valence-corrected chi connectivity index (χ2v) is 7.97. The van der Waals surface area contributed by atoms with Gasteiger partial charge in [0.25, 0.3) is 0 Å². The number of hydrogen-bond donors (Lipinski definition) is 0. The minimum absolute atomic E-state index is 0.108. The molecule has 9 heteroatoms. The molecule has 3 aromatic rings. The highest BCUT2D eigenvalue weighted by molar-refractivity contribution is 6.15. The smallest absolute Gasteiger partial charge is 0.343 e. The van der Waals surface area contributed by atoms with Gasteiger partial charge < -0.3 is 28.4 Å². The molecule has 0 aliphatic carbocycles. The van der Waals surface area contributed by atoms with E-state index in [4.69, 9.17) is 28.4 Å². The Hall–Kier alpha value is -4.79. The second kappa shape index (κ2) is 10.4. The van der Waals surface area contributed by atoms with Crippen LogP contribution in [-0.4, -0.2) is 46.2 Å². The molecule has 0 amide bonds. The van der Waals surface area contributed by atoms with Crippen molar-refractivity contribution in [1.82, 2.24) is 0 Å². The number of hydrogen-bond acceptors (Lipinski definition) is 9. The first-order valence-electron chi connectivity index (χ1n) is 11.1. The molecule has 0 N–H and O–H groups in total. The van der Waals surface area contributed by atoms with Crippen molar-refractivity contribution in [2.45, 2.75) is 6.92 Å². The Morgan fingerprint density at radius 1 is 0.811 bits per heavy atom. The third kappa shape index (κ3) is 4.97. The molecule has 0 saturated heterocycles. The molecular formula is C28H24O9. The van der Waals surface area contributed by atoms with Crippen molar-refractivity contribution in [3.63, 3.8) is 0 Å². The number of carbonyl (C=O) groups is 3. The molecule has 4 rings (SSSR count). The van der Waals surface area contributed by atoms with E-state index in [0.29, 0.717) is 39.5 Å². The summed E-state index contributed by atoms with van der Waals surface area (Å²) in [6.45, 7) is 1.73. The Labute approximate surface area is 213 Å². The van der Waals surface area contributed by atoms with Crippen molar-refractivity contribution in [3.05, 3.63) is 82.1 Å². The number of allylic oxidation sites excluding steroid dienone is 1. The van der Waals surface area contributed by atoms with Crippen molar-refractivity contribution in [1.29, 1.82) is 0 Å². The van der Waals surface area contributed by atoms with Gasteiger partial charge in [-0.3, -0.25) is 4.79 Å². The largest absolute Gasteiger partial charge is 0.493 e. The van der Waals surface area contributed by atoms with Crippen molar-refractivity contribution >= 4 is 23.8 Å². The van der Waals surface area contributed by atoms with E-state index < -0.39 is 11.9 Å². The first-order valence-corrected chi connectivity index (χ1v) is 11.1. The van der Waals surface area contributed by atoms with Gasteiger partial charge in [0.1, 0.15) is 11.5 Å². The maximum atomic E-state index is 13.0. The molecule has 0 aromatic heterocycles. The van der Waals surface area contributed by atoms with Crippen molar-refractivity contribution in [2.24, 2.45) is 0 Å². The van der Waals surface area contributed by atoms with Gasteiger partial charge >= 0.3 is 11.9 Å². The fourth-order valence-electron chi connectivity index (χ4n) is 3.89. The number of Topliss-reactive ketones (excluding diaryl/α,β-unsaturated/α-hetero) is 1. The molecule has 9 nitrogen and oxygen atoms in total. The molecule has 0 atom stereocenters. The van der Waals surface area contributed by atoms with E-state index in [9.17, 15) is 14.4 Å². The topological polar surface area (TPSA) is 107 Å². The predicted octanol–water partition coefficient (Wildman–Crippen LogP) is 4.64. The van der Waals surface area contributed by atoms with Crippen LogP contribution in [0.15, 0.2) is 54.3 Å². The van der Waals surface area contributed by atoms with E-state index in [2.05, 4.69) is 0 Å². The quantitative estimate of drug-likeness (QED) is 0.258. The second-order valence-electron chi connectivity index (χ2n) is 7.97. The molecule has 190 valence electrons. The first kappa shape index (κ1) is 25.3. The molecule has 0 bridgehead atoms. The standard InChI is InChI=1S/C28H24O9/c1-15-10-19(36-28(31)18-12-22(32-2)26(34-4)23(13-18)33-3)14-20-24(15)25(29)21(37-20)11-16-6-8-17(9-7-16)27(30)35-5/h6-14H,1-5H3/b21-11-. The summed E-state index contributed by atoms with van der Waals surface area (Å²) in [6, 6.07) is 12.6. The zero-order valence-corrected chi connectivity index (χ0v) is 20.9. The van der Waals surface area contributed by atoms with Crippen LogP contribution in [0.3, 0.4) is 0 Å². The highest BCUT2D eigenvalue weighted by Gasteiger charge is 2.30. The molecule has 0 saturated carbocycles. The van der Waals surface area contributed by atoms with Gasteiger partial charge in [0.2, 0.25) is 11.5 Å². The average molecular weight is 504 g/mol. The van der Waals surface area contributed by atoms with Gasteiger partial charge in [-0.1, -0.05) is 12.1 Å². The Morgan fingerprint density at radius 3 is 2.03 bits per heavy atom. The lowest BCUT2D eigenvalue weighted by atomic mass is 10.0. The van der Waals surface area contributed by atoms with Gasteiger partial charge in [0.05, 0.1) is 45.1 Å². The molecule has 0 unspecified atom stereocenters. The van der Waals surface area contributed by atoms with Gasteiger partial charge in [0.15, 0.2) is 17.3 Å². The summed E-state index contributed by atoms with van der Waals surface area (Å²) >= 11 is 0. The van der Waals surface area contributed by atoms with E-state index in [-0.39, 0.29) is 28.6 Å². The number of ketones is 1. The van der Waals surface area contributed by atoms with Gasteiger partial charge in [-0.05, 0) is 54.5 Å². The third-order valence-electron chi connectivity index (χ3n) is 5.68. The van der Waals surface area contributed by atoms with Gasteiger partial charge in [-0.2, -0.15) is 0 Å². The summed E-state index contributed by atoms with van der Waals surface area (Å²) in [5.74, 6) is 0.129. The van der Waals surface area contributed by atoms with Gasteiger partial charge in [-0.15, -0.1) is 0 Å². The van der Waals surface area contributed by atoms with Crippen LogP contribution in [0.5, 0.6) is 28.7 Å². The predicted molar refractivity (Wildman–Crippen MR) is 133 cm³/mol. The monoisotopic (exact) mass is 504 g/mol. The van der Waals surface area contributed by atoms with E-state index in [1.54, 1.807) is 43.3 Å². The Balaban J connectivity index is 1.58. The number of esters is 2. The fourth-order valence-corrected chi connectivity index (χ4v) is 3.89. The molecule has 0 spiro atoms. The molecule has 1 heterocycles. The number of ether oxygens (including phenoxy) is 6. The van der Waals surface area contributed by atoms with Gasteiger partial charge in [-0.25, -0.2) is 9.59 Å². The highest BCUT2D eigenvalue weighted by Crippen LogP contribution is 2.40. The lowest BCUT2D eigenvalue weighted by Gasteiger charge is -2.14. The number of aryl methyl sites for hydroxylation is 1. The highest BCUT2D eigenvalue weighted by atomic mass is 16.5. The normalized spacial score (nSPS) is 13.0. The summed E-state index contributed by atoms with van der Waals surface area (Å²) in [7, 11) is 5.67. The Kier molecular flexibility index (Phi) is 7.15. The maximum Gasteiger partial charge on any atom is 0.343 e. The van der Waals surface area contributed by atoms with Crippen molar-refractivity contribution < 1.29 is 42.8 Å². The fraction of sp³-hybridized carbons (Fsp3) is 0.179. The number of carbonyl (C=O) groups excluding carboxylic acids is 3. The molecule has 0 radical (unpaired) electrons. The minimum Gasteiger partial charge on any atom is -0.493 e. The van der Waals surface area contributed by atoms with Crippen LogP contribution in [0, 0.1) is 6.92 Å². The number of benzene rings is 3.